The molecular formula is C39H33N7O3. The van der Waals surface area contributed by atoms with Gasteiger partial charge in [-0.2, -0.15) is 20.5 Å². The van der Waals surface area contributed by atoms with Gasteiger partial charge in [-0.1, -0.05) is 36.4 Å². The third-order valence-electron chi connectivity index (χ3n) is 7.99. The van der Waals surface area contributed by atoms with E-state index in [0.29, 0.717) is 33.8 Å². The van der Waals surface area contributed by atoms with Crippen molar-refractivity contribution in [1.29, 1.82) is 0 Å². The molecule has 0 saturated heterocycles. The second-order valence-corrected chi connectivity index (χ2v) is 11.6. The lowest BCUT2D eigenvalue weighted by atomic mass is 10.1. The summed E-state index contributed by atoms with van der Waals surface area (Å²) in [6, 6.07) is 33.3. The molecule has 0 aliphatic rings. The Morgan fingerprint density at radius 3 is 1.55 bits per heavy atom. The summed E-state index contributed by atoms with van der Waals surface area (Å²) < 4.78 is 0. The Balaban J connectivity index is 1.18. The van der Waals surface area contributed by atoms with Crippen molar-refractivity contribution in [3.05, 3.63) is 137 Å². The van der Waals surface area contributed by atoms with Crippen LogP contribution in [0.5, 0.6) is 5.75 Å². The lowest BCUT2D eigenvalue weighted by Crippen LogP contribution is -1.95. The number of anilines is 2. The van der Waals surface area contributed by atoms with Gasteiger partial charge >= 0.3 is 5.97 Å². The number of para-hydroxylation sites is 1. The average Bonchev–Trinajstić information content (AvgIpc) is 3.09. The summed E-state index contributed by atoms with van der Waals surface area (Å²) in [5.41, 5.74) is 8.66. The van der Waals surface area contributed by atoms with Crippen LogP contribution < -0.4 is 5.32 Å². The fourth-order valence-corrected chi connectivity index (χ4v) is 5.22. The second-order valence-electron chi connectivity index (χ2n) is 11.6. The number of nitrogens with one attached hydrogen (secondary N) is 1. The molecule has 49 heavy (non-hydrogen) atoms. The summed E-state index contributed by atoms with van der Waals surface area (Å²) in [6.45, 7) is 7.64. The van der Waals surface area contributed by atoms with Crippen LogP contribution in [0.3, 0.4) is 0 Å². The number of rotatable bonds is 9. The highest BCUT2D eigenvalue weighted by Gasteiger charge is 2.11. The number of aryl methyl sites for hydroxylation is 4. The first-order valence-corrected chi connectivity index (χ1v) is 15.5. The van der Waals surface area contributed by atoms with E-state index in [1.165, 1.54) is 6.07 Å². The number of fused-ring (bicyclic) bond motifs is 1. The maximum atomic E-state index is 11.5. The number of azo groups is 3. The van der Waals surface area contributed by atoms with Crippen LogP contribution in [0, 0.1) is 27.7 Å². The molecular weight excluding hydrogens is 614 g/mol. The predicted molar refractivity (Wildman–Crippen MR) is 193 cm³/mol. The number of phenols is 1. The van der Waals surface area contributed by atoms with E-state index < -0.39 is 5.97 Å². The Bertz CT molecular complexity index is 2300. The maximum absolute atomic E-state index is 11.5. The minimum absolute atomic E-state index is 0.0653. The number of nitrogens with zero attached hydrogens (tertiary/aromatic N) is 6. The normalized spacial score (nSPS) is 11.7. The maximum Gasteiger partial charge on any atom is 0.337 e. The van der Waals surface area contributed by atoms with Crippen molar-refractivity contribution in [2.45, 2.75) is 27.7 Å². The van der Waals surface area contributed by atoms with Crippen LogP contribution in [-0.4, -0.2) is 16.2 Å². The molecule has 0 amide bonds. The molecule has 0 radical (unpaired) electrons. The number of hydrogen-bond donors (Lipinski definition) is 3. The summed E-state index contributed by atoms with van der Waals surface area (Å²) in [7, 11) is 0. The minimum Gasteiger partial charge on any atom is -0.505 e. The van der Waals surface area contributed by atoms with Crippen LogP contribution in [0.2, 0.25) is 0 Å². The fraction of sp³-hybridized carbons (Fsp3) is 0.103. The zero-order chi connectivity index (χ0) is 34.5. The highest BCUT2D eigenvalue weighted by molar-refractivity contribution is 5.95. The Morgan fingerprint density at radius 1 is 0.510 bits per heavy atom. The third kappa shape index (κ3) is 7.39. The summed E-state index contributed by atoms with van der Waals surface area (Å²) in [4.78, 5) is 11.5. The van der Waals surface area contributed by atoms with E-state index in [1.807, 2.05) is 107 Å². The third-order valence-corrected chi connectivity index (χ3v) is 7.99. The zero-order valence-electron chi connectivity index (χ0n) is 27.4. The van der Waals surface area contributed by atoms with Crippen molar-refractivity contribution in [2.75, 3.05) is 5.32 Å². The van der Waals surface area contributed by atoms with Crippen LogP contribution in [0.4, 0.5) is 45.5 Å². The first-order chi connectivity index (χ1) is 23.7. The van der Waals surface area contributed by atoms with Crippen LogP contribution in [0.15, 0.2) is 140 Å². The van der Waals surface area contributed by atoms with Crippen molar-refractivity contribution < 1.29 is 15.0 Å². The van der Waals surface area contributed by atoms with Crippen molar-refractivity contribution in [3.63, 3.8) is 0 Å². The van der Waals surface area contributed by atoms with Crippen molar-refractivity contribution >= 4 is 62.2 Å². The van der Waals surface area contributed by atoms with E-state index in [1.54, 1.807) is 24.3 Å². The highest BCUT2D eigenvalue weighted by Crippen LogP contribution is 2.38. The number of aromatic carboxylic acids is 1. The molecule has 6 aromatic rings. The van der Waals surface area contributed by atoms with Gasteiger partial charge in [-0.25, -0.2) is 4.79 Å². The number of benzene rings is 6. The Morgan fingerprint density at radius 2 is 1.00 bits per heavy atom. The molecule has 0 bridgehead atoms. The van der Waals surface area contributed by atoms with Crippen molar-refractivity contribution in [3.8, 4) is 5.75 Å². The van der Waals surface area contributed by atoms with Gasteiger partial charge in [-0.05, 0) is 128 Å². The molecule has 242 valence electrons. The van der Waals surface area contributed by atoms with E-state index in [-0.39, 0.29) is 17.0 Å². The van der Waals surface area contributed by atoms with Crippen LogP contribution >= 0.6 is 0 Å². The molecule has 10 nitrogen and oxygen atoms in total. The van der Waals surface area contributed by atoms with Gasteiger partial charge < -0.3 is 15.5 Å². The van der Waals surface area contributed by atoms with Crippen molar-refractivity contribution in [1.82, 2.24) is 0 Å². The zero-order valence-corrected chi connectivity index (χ0v) is 27.4. The summed E-state index contributed by atoms with van der Waals surface area (Å²) in [6.07, 6.45) is 0. The van der Waals surface area contributed by atoms with Gasteiger partial charge in [0.25, 0.3) is 0 Å². The molecule has 0 fully saturated rings. The van der Waals surface area contributed by atoms with Gasteiger partial charge in [0.15, 0.2) is 5.75 Å². The molecule has 0 aliphatic heterocycles. The van der Waals surface area contributed by atoms with E-state index in [2.05, 4.69) is 36.0 Å². The summed E-state index contributed by atoms with van der Waals surface area (Å²) in [5.74, 6) is -0.994. The summed E-state index contributed by atoms with van der Waals surface area (Å²) >= 11 is 0. The quantitative estimate of drug-likeness (QED) is 0.134. The monoisotopic (exact) mass is 647 g/mol. The molecule has 0 spiro atoms. The molecule has 3 N–H and O–H groups in total. The molecule has 0 saturated carbocycles. The van der Waals surface area contributed by atoms with E-state index in [4.69, 9.17) is 0 Å². The van der Waals surface area contributed by atoms with Gasteiger partial charge in [0.2, 0.25) is 0 Å². The number of carbonyl (C=O) groups is 1. The molecule has 0 atom stereocenters. The van der Waals surface area contributed by atoms with E-state index >= 15 is 0 Å². The van der Waals surface area contributed by atoms with Gasteiger partial charge in [-0.3, -0.25) is 0 Å². The molecule has 10 heteroatoms. The topological polar surface area (TPSA) is 144 Å². The van der Waals surface area contributed by atoms with E-state index in [9.17, 15) is 15.0 Å². The predicted octanol–water partition coefficient (Wildman–Crippen LogP) is 12.5. The Labute approximate surface area is 283 Å². The smallest absolute Gasteiger partial charge is 0.337 e. The Hall–Kier alpha value is -6.55. The number of aromatic hydroxyl groups is 1. The fourth-order valence-electron chi connectivity index (χ4n) is 5.22. The lowest BCUT2D eigenvalue weighted by molar-refractivity contribution is 0.0697. The van der Waals surface area contributed by atoms with Crippen molar-refractivity contribution in [2.24, 2.45) is 30.7 Å². The SMILES string of the molecule is Cc1cc(N=Nc2ccccc2C(=O)O)c(C)cc1N=Nc1cc(C)c(N=Nc2ccc3cc(Nc4ccccc4)ccc3c2O)cc1C. The second kappa shape index (κ2) is 14.1. The van der Waals surface area contributed by atoms with Gasteiger partial charge in [-0.15, -0.1) is 10.2 Å². The summed E-state index contributed by atoms with van der Waals surface area (Å²) in [5, 5.41) is 51.7. The first-order valence-electron chi connectivity index (χ1n) is 15.5. The average molecular weight is 648 g/mol. The van der Waals surface area contributed by atoms with Crippen LogP contribution in [-0.2, 0) is 0 Å². The van der Waals surface area contributed by atoms with Gasteiger partial charge in [0, 0.05) is 16.8 Å². The number of carboxylic acids is 1. The van der Waals surface area contributed by atoms with Gasteiger partial charge in [0.05, 0.1) is 28.3 Å². The number of carboxylic acid groups (broad SMARTS) is 1. The van der Waals surface area contributed by atoms with Gasteiger partial charge in [0.1, 0.15) is 11.4 Å². The largest absolute Gasteiger partial charge is 0.505 e. The minimum atomic E-state index is -1.06. The highest BCUT2D eigenvalue weighted by atomic mass is 16.4. The standard InChI is InChI=1S/C39H33N7O3/c1-23-20-36(25(3)18-34(23)43-41-32-13-9-8-12-31(32)39(48)49)45-46-37-21-24(2)35(19-26(37)4)44-42-33-17-14-27-22-29(15-16-30(27)38(33)47)40-28-10-6-5-7-11-28/h5-22,40,47H,1-4H3,(H,48,49). The lowest BCUT2D eigenvalue weighted by Gasteiger charge is -2.09. The molecule has 0 aliphatic carbocycles. The first kappa shape index (κ1) is 32.4. The Kier molecular flexibility index (Phi) is 9.30. The number of phenolic OH excluding ortho intramolecular Hbond substituents is 1. The van der Waals surface area contributed by atoms with Crippen LogP contribution in [0.25, 0.3) is 10.8 Å². The molecule has 0 unspecified atom stereocenters. The number of hydrogen-bond acceptors (Lipinski definition) is 9. The van der Waals surface area contributed by atoms with Crippen LogP contribution in [0.1, 0.15) is 32.6 Å². The molecule has 0 heterocycles. The van der Waals surface area contributed by atoms with E-state index in [0.717, 1.165) is 39.0 Å². The molecule has 0 aromatic heterocycles. The molecule has 6 rings (SSSR count). The molecule has 6 aromatic carbocycles.